The third kappa shape index (κ3) is 3.02. The first-order chi connectivity index (χ1) is 10.6. The van der Waals surface area contributed by atoms with E-state index in [4.69, 9.17) is 5.26 Å². The lowest BCUT2D eigenvalue weighted by molar-refractivity contribution is 0.546. The van der Waals surface area contributed by atoms with Crippen molar-refractivity contribution in [2.24, 2.45) is 0 Å². The normalized spacial score (nSPS) is 17.5. The maximum atomic E-state index is 12.6. The van der Waals surface area contributed by atoms with Crippen LogP contribution < -0.4 is 4.72 Å². The molecule has 1 aliphatic rings. The van der Waals surface area contributed by atoms with Gasteiger partial charge in [-0.05, 0) is 42.0 Å². The molecule has 0 fully saturated rings. The number of hydrogen-bond donors (Lipinski definition) is 1. The second-order valence-corrected chi connectivity index (χ2v) is 7.84. The number of fused-ring (bicyclic) bond motifs is 1. The molecule has 4 nitrogen and oxygen atoms in total. The number of sulfonamides is 1. The van der Waals surface area contributed by atoms with E-state index in [-0.39, 0.29) is 10.9 Å². The maximum Gasteiger partial charge on any atom is 0.241 e. The molecule has 6 heteroatoms. The van der Waals surface area contributed by atoms with Gasteiger partial charge in [0.15, 0.2) is 0 Å². The van der Waals surface area contributed by atoms with E-state index in [1.54, 1.807) is 23.9 Å². The van der Waals surface area contributed by atoms with E-state index in [9.17, 15) is 8.42 Å². The Balaban J connectivity index is 1.91. The van der Waals surface area contributed by atoms with Crippen molar-refractivity contribution in [3.05, 3.63) is 59.7 Å². The molecule has 0 aromatic heterocycles. The average molecular weight is 330 g/mol. The van der Waals surface area contributed by atoms with Crippen LogP contribution in [0.5, 0.6) is 0 Å². The Hall–Kier alpha value is -1.81. The molecule has 0 saturated heterocycles. The van der Waals surface area contributed by atoms with E-state index >= 15 is 0 Å². The van der Waals surface area contributed by atoms with Crippen molar-refractivity contribution in [3.63, 3.8) is 0 Å². The Morgan fingerprint density at radius 1 is 1.18 bits per heavy atom. The van der Waals surface area contributed by atoms with Crippen molar-refractivity contribution in [2.75, 3.05) is 5.75 Å². The molecule has 0 spiro atoms. The van der Waals surface area contributed by atoms with E-state index in [0.29, 0.717) is 5.56 Å². The number of rotatable bonds is 3. The van der Waals surface area contributed by atoms with Gasteiger partial charge in [0.2, 0.25) is 10.0 Å². The summed E-state index contributed by atoms with van der Waals surface area (Å²) in [4.78, 5) is 1.24. The van der Waals surface area contributed by atoms with Crippen molar-refractivity contribution < 1.29 is 8.42 Å². The topological polar surface area (TPSA) is 70.0 Å². The summed E-state index contributed by atoms with van der Waals surface area (Å²) in [7, 11) is -3.65. The smallest absolute Gasteiger partial charge is 0.207 e. The first-order valence-electron chi connectivity index (χ1n) is 6.84. The predicted octanol–water partition coefficient (Wildman–Crippen LogP) is 3.07. The highest BCUT2D eigenvalue weighted by molar-refractivity contribution is 7.99. The number of benzene rings is 2. The molecule has 3 rings (SSSR count). The lowest BCUT2D eigenvalue weighted by Crippen LogP contribution is -2.30. The Labute approximate surface area is 134 Å². The molecule has 22 heavy (non-hydrogen) atoms. The van der Waals surface area contributed by atoms with Crippen LogP contribution in [0.25, 0.3) is 0 Å². The molecule has 0 radical (unpaired) electrons. The van der Waals surface area contributed by atoms with Crippen molar-refractivity contribution in [3.8, 4) is 6.07 Å². The zero-order valence-corrected chi connectivity index (χ0v) is 13.3. The van der Waals surface area contributed by atoms with Crippen LogP contribution in [0.15, 0.2) is 58.3 Å². The Morgan fingerprint density at radius 3 is 2.82 bits per heavy atom. The summed E-state index contributed by atoms with van der Waals surface area (Å²) < 4.78 is 27.9. The third-order valence-corrected chi connectivity index (χ3v) is 6.12. The van der Waals surface area contributed by atoms with Crippen molar-refractivity contribution in [1.29, 1.82) is 5.26 Å². The Bertz CT molecular complexity index is 841. The predicted molar refractivity (Wildman–Crippen MR) is 86.0 cm³/mol. The van der Waals surface area contributed by atoms with Gasteiger partial charge in [0.25, 0.3) is 0 Å². The molecule has 0 amide bonds. The molecule has 0 unspecified atom stereocenters. The highest BCUT2D eigenvalue weighted by atomic mass is 32.2. The quantitative estimate of drug-likeness (QED) is 0.939. The minimum Gasteiger partial charge on any atom is -0.207 e. The third-order valence-electron chi connectivity index (χ3n) is 3.53. The van der Waals surface area contributed by atoms with Crippen LogP contribution >= 0.6 is 11.8 Å². The molecular weight excluding hydrogens is 316 g/mol. The second kappa shape index (κ2) is 6.13. The van der Waals surface area contributed by atoms with Gasteiger partial charge in [0.1, 0.15) is 0 Å². The van der Waals surface area contributed by atoms with E-state index in [2.05, 4.69) is 4.72 Å². The van der Waals surface area contributed by atoms with Gasteiger partial charge in [-0.25, -0.2) is 13.1 Å². The zero-order valence-electron chi connectivity index (χ0n) is 11.7. The summed E-state index contributed by atoms with van der Waals surface area (Å²) in [6, 6.07) is 15.7. The van der Waals surface area contributed by atoms with Crippen LogP contribution in [0, 0.1) is 11.3 Å². The van der Waals surface area contributed by atoms with Gasteiger partial charge < -0.3 is 0 Å². The van der Waals surface area contributed by atoms with Gasteiger partial charge in [-0.2, -0.15) is 5.26 Å². The van der Waals surface area contributed by atoms with Crippen LogP contribution in [0.4, 0.5) is 0 Å². The molecule has 112 valence electrons. The fourth-order valence-corrected chi connectivity index (χ4v) is 4.87. The largest absolute Gasteiger partial charge is 0.241 e. The molecule has 2 aromatic rings. The van der Waals surface area contributed by atoms with Crippen molar-refractivity contribution >= 4 is 21.8 Å². The summed E-state index contributed by atoms with van der Waals surface area (Å²) in [6.45, 7) is 0. The van der Waals surface area contributed by atoms with Crippen LogP contribution in [0.1, 0.15) is 23.6 Å². The number of nitrogens with zero attached hydrogens (tertiary/aromatic N) is 1. The van der Waals surface area contributed by atoms with E-state index in [1.165, 1.54) is 12.1 Å². The van der Waals surface area contributed by atoms with Crippen LogP contribution in [-0.2, 0) is 10.0 Å². The maximum absolute atomic E-state index is 12.6. The molecule has 0 saturated carbocycles. The minimum absolute atomic E-state index is 0.127. The van der Waals surface area contributed by atoms with Crippen molar-refractivity contribution in [2.45, 2.75) is 22.3 Å². The van der Waals surface area contributed by atoms with E-state index < -0.39 is 10.0 Å². The number of thioether (sulfide) groups is 1. The number of hydrogen-bond acceptors (Lipinski definition) is 4. The fourth-order valence-electron chi connectivity index (χ4n) is 2.45. The first-order valence-corrected chi connectivity index (χ1v) is 9.31. The summed E-state index contributed by atoms with van der Waals surface area (Å²) in [5, 5.41) is 8.91. The molecule has 1 aliphatic heterocycles. The zero-order chi connectivity index (χ0) is 15.6. The van der Waals surface area contributed by atoms with E-state index in [1.807, 2.05) is 30.3 Å². The highest BCUT2D eigenvalue weighted by Crippen LogP contribution is 2.36. The molecule has 2 aromatic carbocycles. The van der Waals surface area contributed by atoms with Crippen LogP contribution in [-0.4, -0.2) is 14.2 Å². The fraction of sp³-hybridized carbons (Fsp3) is 0.188. The molecule has 0 aliphatic carbocycles. The van der Waals surface area contributed by atoms with Gasteiger partial charge in [0.05, 0.1) is 16.5 Å². The number of nitrogens with one attached hydrogen (secondary N) is 1. The SMILES string of the molecule is N#Cc1cccc(S(=O)(=O)N[C@H]2CCSc3ccccc32)c1. The highest BCUT2D eigenvalue weighted by Gasteiger charge is 2.26. The number of nitriles is 1. The average Bonchev–Trinajstić information content (AvgIpc) is 2.55. The van der Waals surface area contributed by atoms with Gasteiger partial charge in [-0.1, -0.05) is 24.3 Å². The molecule has 1 heterocycles. The summed E-state index contributed by atoms with van der Waals surface area (Å²) >= 11 is 1.74. The summed E-state index contributed by atoms with van der Waals surface area (Å²) in [5.41, 5.74) is 1.35. The van der Waals surface area contributed by atoms with Gasteiger partial charge >= 0.3 is 0 Å². The lowest BCUT2D eigenvalue weighted by Gasteiger charge is -2.25. The van der Waals surface area contributed by atoms with Crippen molar-refractivity contribution in [1.82, 2.24) is 4.72 Å². The second-order valence-electron chi connectivity index (χ2n) is 4.99. The van der Waals surface area contributed by atoms with Gasteiger partial charge in [0, 0.05) is 10.9 Å². The molecule has 0 bridgehead atoms. The molecular formula is C16H14N2O2S2. The van der Waals surface area contributed by atoms with Gasteiger partial charge in [-0.3, -0.25) is 0 Å². The van der Waals surface area contributed by atoms with Gasteiger partial charge in [-0.15, -0.1) is 11.8 Å². The minimum atomic E-state index is -3.65. The Kier molecular flexibility index (Phi) is 4.21. The first kappa shape index (κ1) is 15.1. The van der Waals surface area contributed by atoms with Crippen LogP contribution in [0.3, 0.4) is 0 Å². The molecule has 1 atom stereocenters. The monoisotopic (exact) mass is 330 g/mol. The van der Waals surface area contributed by atoms with E-state index in [0.717, 1.165) is 22.6 Å². The molecule has 1 N–H and O–H groups in total. The standard InChI is InChI=1S/C16H14N2O2S2/c17-11-12-4-3-5-13(10-12)22(19,20)18-15-8-9-21-16-7-2-1-6-14(15)16/h1-7,10,15,18H,8-9H2/t15-/m0/s1. The summed E-state index contributed by atoms with van der Waals surface area (Å²) in [6.07, 6.45) is 0.749. The Morgan fingerprint density at radius 2 is 2.00 bits per heavy atom. The summed E-state index contributed by atoms with van der Waals surface area (Å²) in [5.74, 6) is 0.877. The van der Waals surface area contributed by atoms with Crippen LogP contribution in [0.2, 0.25) is 0 Å². The lowest BCUT2D eigenvalue weighted by atomic mass is 10.1.